The van der Waals surface area contributed by atoms with Crippen LogP contribution in [0.5, 0.6) is 0 Å². The zero-order valence-corrected chi connectivity index (χ0v) is 30.5. The molecule has 0 saturated heterocycles. The van der Waals surface area contributed by atoms with Crippen molar-refractivity contribution in [2.24, 2.45) is 0 Å². The predicted octanol–water partition coefficient (Wildman–Crippen LogP) is 11.6. The van der Waals surface area contributed by atoms with Gasteiger partial charge in [0.05, 0.1) is 15.9 Å². The first-order chi connectivity index (χ1) is 23.6. The summed E-state index contributed by atoms with van der Waals surface area (Å²) in [6, 6.07) is 35.2. The summed E-state index contributed by atoms with van der Waals surface area (Å²) in [5.41, 5.74) is 17.0. The largest absolute Gasteiger partial charge is 0.374 e. The summed E-state index contributed by atoms with van der Waals surface area (Å²) in [6.07, 6.45) is 2.42. The maximum Gasteiger partial charge on any atom is 0.343 e. The van der Waals surface area contributed by atoms with Crippen LogP contribution in [0, 0.1) is 13.8 Å². The number of aromatic nitrogens is 1. The third-order valence-electron chi connectivity index (χ3n) is 12.2. The maximum atomic E-state index is 2.75. The summed E-state index contributed by atoms with van der Waals surface area (Å²) < 4.78 is 8.32. The summed E-state index contributed by atoms with van der Waals surface area (Å²) >= 11 is 3.95. The molecule has 5 heteroatoms. The molecule has 0 amide bonds. The van der Waals surface area contributed by atoms with Crippen molar-refractivity contribution < 1.29 is 0 Å². The first-order valence-electron chi connectivity index (χ1n) is 17.7. The van der Waals surface area contributed by atoms with E-state index in [1.807, 2.05) is 22.7 Å². The number of para-hydroxylation sites is 1. The van der Waals surface area contributed by atoms with Gasteiger partial charge in [0.25, 0.3) is 0 Å². The standard InChI is InChI=1S/C44H37BN2S2/c1-24-20-30-26-14-11-15-29-38(26)47(39-27-12-7-9-16-35(27)48-41(29)39)45-37(30)34(21-24)46(40-28-13-8-10-17-36(28)49-42(40)45)33-23-32-31(22-25(33)2)43(3,4)18-19-44(32,5)6/h7-17,20-23H,18-19H2,1-6H3. The summed E-state index contributed by atoms with van der Waals surface area (Å²) in [6.45, 7) is 14.5. The molecule has 0 unspecified atom stereocenters. The highest BCUT2D eigenvalue weighted by molar-refractivity contribution is 7.32. The average molecular weight is 669 g/mol. The normalized spacial score (nSPS) is 16.9. The van der Waals surface area contributed by atoms with E-state index < -0.39 is 0 Å². The zero-order valence-electron chi connectivity index (χ0n) is 28.9. The summed E-state index contributed by atoms with van der Waals surface area (Å²) in [4.78, 5) is 2.68. The fourth-order valence-corrected chi connectivity index (χ4v) is 12.2. The van der Waals surface area contributed by atoms with Crippen LogP contribution >= 0.6 is 22.7 Å². The molecule has 0 bridgehead atoms. The maximum absolute atomic E-state index is 2.75. The highest BCUT2D eigenvalue weighted by atomic mass is 32.1. The molecule has 1 aliphatic carbocycles. The van der Waals surface area contributed by atoms with Crippen LogP contribution in [0.2, 0.25) is 0 Å². The van der Waals surface area contributed by atoms with E-state index in [2.05, 4.69) is 142 Å². The fraction of sp³-hybridized carbons (Fsp3) is 0.227. The van der Waals surface area contributed by atoms with Crippen molar-refractivity contribution in [3.8, 4) is 11.1 Å². The molecule has 5 heterocycles. The monoisotopic (exact) mass is 668 g/mol. The molecule has 2 aliphatic heterocycles. The van der Waals surface area contributed by atoms with Gasteiger partial charge in [-0.3, -0.25) is 0 Å². The Hall–Kier alpha value is -4.32. The number of nitrogens with zero attached hydrogens (tertiary/aromatic N) is 2. The van der Waals surface area contributed by atoms with Crippen LogP contribution in [-0.4, -0.2) is 11.3 Å². The van der Waals surface area contributed by atoms with Crippen molar-refractivity contribution in [1.82, 2.24) is 4.48 Å². The Balaban J connectivity index is 1.31. The van der Waals surface area contributed by atoms with Crippen LogP contribution < -0.4 is 15.1 Å². The van der Waals surface area contributed by atoms with Crippen molar-refractivity contribution in [1.29, 1.82) is 0 Å². The zero-order chi connectivity index (χ0) is 33.1. The third kappa shape index (κ3) is 3.53. The Morgan fingerprint density at radius 3 is 2.08 bits per heavy atom. The van der Waals surface area contributed by atoms with E-state index in [1.165, 1.54) is 115 Å². The molecular formula is C44H37BN2S2. The molecule has 0 radical (unpaired) electrons. The van der Waals surface area contributed by atoms with Crippen molar-refractivity contribution in [3.63, 3.8) is 0 Å². The van der Waals surface area contributed by atoms with Crippen molar-refractivity contribution in [2.45, 2.75) is 65.2 Å². The lowest BCUT2D eigenvalue weighted by Gasteiger charge is -2.44. The molecule has 11 rings (SSSR count). The van der Waals surface area contributed by atoms with Crippen molar-refractivity contribution in [3.05, 3.63) is 113 Å². The van der Waals surface area contributed by atoms with Gasteiger partial charge in [0, 0.05) is 52.8 Å². The molecule has 2 nitrogen and oxygen atoms in total. The molecule has 0 saturated carbocycles. The molecule has 49 heavy (non-hydrogen) atoms. The van der Waals surface area contributed by atoms with E-state index in [-0.39, 0.29) is 17.7 Å². The van der Waals surface area contributed by atoms with Crippen LogP contribution in [0.15, 0.2) is 91.0 Å². The van der Waals surface area contributed by atoms with Crippen molar-refractivity contribution in [2.75, 3.05) is 4.90 Å². The summed E-state index contributed by atoms with van der Waals surface area (Å²) in [7, 11) is 0. The first-order valence-corrected chi connectivity index (χ1v) is 19.3. The Bertz CT molecular complexity index is 2770. The molecule has 8 aromatic rings. The lowest BCUT2D eigenvalue weighted by Crippen LogP contribution is -2.55. The second-order valence-corrected chi connectivity index (χ2v) is 18.2. The molecule has 0 spiro atoms. The lowest BCUT2D eigenvalue weighted by molar-refractivity contribution is 0.332. The van der Waals surface area contributed by atoms with Gasteiger partial charge in [-0.15, -0.1) is 22.7 Å². The summed E-state index contributed by atoms with van der Waals surface area (Å²) in [5, 5.41) is 4.09. The molecular weight excluding hydrogens is 631 g/mol. The minimum absolute atomic E-state index is 0.0930. The van der Waals surface area contributed by atoms with E-state index in [1.54, 1.807) is 0 Å². The van der Waals surface area contributed by atoms with Crippen LogP contribution in [0.4, 0.5) is 17.1 Å². The van der Waals surface area contributed by atoms with Gasteiger partial charge < -0.3 is 9.38 Å². The number of anilines is 3. The molecule has 3 aromatic heterocycles. The Morgan fingerprint density at radius 1 is 0.633 bits per heavy atom. The molecule has 0 fully saturated rings. The van der Waals surface area contributed by atoms with Crippen LogP contribution in [0.1, 0.15) is 62.8 Å². The van der Waals surface area contributed by atoms with Gasteiger partial charge in [0.2, 0.25) is 0 Å². The minimum Gasteiger partial charge on any atom is -0.374 e. The third-order valence-corrected chi connectivity index (χ3v) is 14.6. The molecule has 5 aromatic carbocycles. The quantitative estimate of drug-likeness (QED) is 0.158. The Kier molecular flexibility index (Phi) is 5.39. The van der Waals surface area contributed by atoms with E-state index in [9.17, 15) is 0 Å². The van der Waals surface area contributed by atoms with E-state index in [0.29, 0.717) is 0 Å². The van der Waals surface area contributed by atoms with E-state index in [0.717, 1.165) is 0 Å². The van der Waals surface area contributed by atoms with Crippen molar-refractivity contribution >= 4 is 98.1 Å². The molecule has 0 N–H and O–H groups in total. The van der Waals surface area contributed by atoms with Crippen LogP contribution in [0.25, 0.3) is 52.4 Å². The van der Waals surface area contributed by atoms with Crippen LogP contribution in [0.3, 0.4) is 0 Å². The highest BCUT2D eigenvalue weighted by Crippen LogP contribution is 2.53. The van der Waals surface area contributed by atoms with Gasteiger partial charge in [-0.05, 0) is 95.1 Å². The SMILES string of the molecule is Cc1cc2c3c(c1)N(c1cc4c(cc1C)C(C)(C)CCC4(C)C)c1c(sc4ccccc14)B3n1c3c-2cccc3c2sc3ccccc3c21. The average Bonchev–Trinajstić information content (AvgIpc) is 3.75. The van der Waals surface area contributed by atoms with Gasteiger partial charge in [-0.1, -0.05) is 94.4 Å². The lowest BCUT2D eigenvalue weighted by atomic mass is 9.48. The second-order valence-electron chi connectivity index (χ2n) is 16.1. The van der Waals surface area contributed by atoms with Crippen LogP contribution in [-0.2, 0) is 10.8 Å². The highest BCUT2D eigenvalue weighted by Gasteiger charge is 2.46. The van der Waals surface area contributed by atoms with Gasteiger partial charge in [0.15, 0.2) is 0 Å². The van der Waals surface area contributed by atoms with E-state index >= 15 is 0 Å². The number of aryl methyl sites for hydroxylation is 2. The van der Waals surface area contributed by atoms with Gasteiger partial charge >= 0.3 is 6.85 Å². The number of hydrogen-bond donors (Lipinski definition) is 0. The number of rotatable bonds is 1. The second kappa shape index (κ2) is 9.27. The van der Waals surface area contributed by atoms with E-state index in [4.69, 9.17) is 0 Å². The van der Waals surface area contributed by atoms with Gasteiger partial charge in [-0.25, -0.2) is 0 Å². The number of thiophene rings is 2. The number of fused-ring (bicyclic) bond motifs is 12. The smallest absolute Gasteiger partial charge is 0.343 e. The summed E-state index contributed by atoms with van der Waals surface area (Å²) in [5.74, 6) is 0. The molecule has 0 atom stereocenters. The van der Waals surface area contributed by atoms with Gasteiger partial charge in [-0.2, -0.15) is 0 Å². The predicted molar refractivity (Wildman–Crippen MR) is 216 cm³/mol. The molecule has 3 aliphatic rings. The number of hydrogen-bond acceptors (Lipinski definition) is 3. The number of benzene rings is 5. The molecule has 238 valence electrons. The minimum atomic E-state index is 0.0930. The topological polar surface area (TPSA) is 8.17 Å². The fourth-order valence-electron chi connectivity index (χ4n) is 9.67. The first kappa shape index (κ1) is 28.5. The Labute approximate surface area is 295 Å². The Morgan fingerprint density at radius 2 is 1.31 bits per heavy atom. The van der Waals surface area contributed by atoms with Gasteiger partial charge in [0.1, 0.15) is 0 Å².